The van der Waals surface area contributed by atoms with E-state index in [1.807, 2.05) is 0 Å². The molecule has 2 aliphatic heterocycles. The van der Waals surface area contributed by atoms with E-state index >= 15 is 0 Å². The predicted octanol–water partition coefficient (Wildman–Crippen LogP) is 5.59. The molecule has 0 aromatic heterocycles. The van der Waals surface area contributed by atoms with E-state index in [0.717, 1.165) is 11.0 Å². The molecule has 38 heavy (non-hydrogen) atoms. The summed E-state index contributed by atoms with van der Waals surface area (Å²) in [5.41, 5.74) is -0.365. The number of hydrogen-bond donors (Lipinski definition) is 1. The van der Waals surface area contributed by atoms with Gasteiger partial charge in [0.2, 0.25) is 5.91 Å². The Morgan fingerprint density at radius 3 is 2.42 bits per heavy atom. The highest BCUT2D eigenvalue weighted by molar-refractivity contribution is 6.30. The van der Waals surface area contributed by atoms with Crippen molar-refractivity contribution >= 4 is 29.4 Å². The lowest BCUT2D eigenvalue weighted by molar-refractivity contribution is -0.137. The minimum absolute atomic E-state index is 0.150. The molecule has 3 amide bonds. The van der Waals surface area contributed by atoms with Crippen LogP contribution in [0, 0.1) is 5.82 Å². The number of rotatable bonds is 3. The van der Waals surface area contributed by atoms with Crippen molar-refractivity contribution in [3.8, 4) is 0 Å². The summed E-state index contributed by atoms with van der Waals surface area (Å²) in [5, 5.41) is 3.07. The number of piperazine rings is 1. The van der Waals surface area contributed by atoms with Gasteiger partial charge in [-0.2, -0.15) is 13.2 Å². The van der Waals surface area contributed by atoms with Crippen molar-refractivity contribution in [2.24, 2.45) is 4.99 Å². The van der Waals surface area contributed by atoms with E-state index in [1.165, 1.54) is 41.3 Å². The zero-order chi connectivity index (χ0) is 27.0. The Kier molecular flexibility index (Phi) is 6.83. The molecule has 11 heteroatoms. The van der Waals surface area contributed by atoms with Crippen LogP contribution >= 0.6 is 11.6 Å². The van der Waals surface area contributed by atoms with Crippen LogP contribution in [0.15, 0.2) is 77.8 Å². The topological polar surface area (TPSA) is 65.0 Å². The van der Waals surface area contributed by atoms with Crippen molar-refractivity contribution < 1.29 is 27.2 Å². The molecule has 3 aromatic rings. The zero-order valence-corrected chi connectivity index (χ0v) is 20.5. The van der Waals surface area contributed by atoms with Crippen molar-refractivity contribution in [2.45, 2.75) is 18.3 Å². The molecule has 1 saturated heterocycles. The summed E-state index contributed by atoms with van der Waals surface area (Å²) < 4.78 is 56.7. The molecule has 3 aromatic carbocycles. The second-order valence-electron chi connectivity index (χ2n) is 8.92. The SMILES string of the molecule is O=C1CN(C(=O)N2C(c3ccccc3C(F)(F)F)=NC(c3ccc(Cl)cc3)C2c2cccc(F)c2)CCN1. The quantitative estimate of drug-likeness (QED) is 0.437. The van der Waals surface area contributed by atoms with Crippen molar-refractivity contribution in [1.82, 2.24) is 15.1 Å². The lowest BCUT2D eigenvalue weighted by atomic mass is 9.93. The number of alkyl halides is 3. The van der Waals surface area contributed by atoms with Crippen molar-refractivity contribution in [1.29, 1.82) is 0 Å². The molecule has 2 atom stereocenters. The smallest absolute Gasteiger partial charge is 0.353 e. The number of aliphatic imine (C=N–C) groups is 1. The first-order valence-electron chi connectivity index (χ1n) is 11.7. The molecule has 2 unspecified atom stereocenters. The van der Waals surface area contributed by atoms with Crippen LogP contribution in [0.2, 0.25) is 5.02 Å². The fourth-order valence-corrected chi connectivity index (χ4v) is 4.89. The molecule has 0 radical (unpaired) electrons. The van der Waals surface area contributed by atoms with Gasteiger partial charge < -0.3 is 10.2 Å². The molecule has 1 fully saturated rings. The molecular weight excluding hydrogens is 524 g/mol. The highest BCUT2D eigenvalue weighted by atomic mass is 35.5. The number of nitrogens with one attached hydrogen (secondary N) is 1. The fourth-order valence-electron chi connectivity index (χ4n) is 4.76. The Bertz CT molecular complexity index is 1410. The second kappa shape index (κ2) is 10.1. The molecule has 1 N–H and O–H groups in total. The van der Waals surface area contributed by atoms with E-state index < -0.39 is 41.6 Å². The predicted molar refractivity (Wildman–Crippen MR) is 133 cm³/mol. The second-order valence-corrected chi connectivity index (χ2v) is 9.35. The van der Waals surface area contributed by atoms with Crippen molar-refractivity contribution in [2.75, 3.05) is 19.6 Å². The highest BCUT2D eigenvalue weighted by Crippen LogP contribution is 2.45. The third-order valence-electron chi connectivity index (χ3n) is 6.46. The molecule has 0 bridgehead atoms. The number of halogens is 5. The summed E-state index contributed by atoms with van der Waals surface area (Å²) >= 11 is 6.06. The van der Waals surface area contributed by atoms with Crippen molar-refractivity contribution in [3.05, 3.63) is 106 Å². The first-order chi connectivity index (χ1) is 18.1. The van der Waals surface area contributed by atoms with E-state index in [9.17, 15) is 27.2 Å². The van der Waals surface area contributed by atoms with Gasteiger partial charge in [-0.3, -0.25) is 14.7 Å². The van der Waals surface area contributed by atoms with Crippen LogP contribution < -0.4 is 5.32 Å². The Balaban J connectivity index is 1.73. The number of nitrogens with zero attached hydrogens (tertiary/aromatic N) is 3. The third-order valence-corrected chi connectivity index (χ3v) is 6.71. The molecule has 2 aliphatic rings. The molecule has 0 aliphatic carbocycles. The Morgan fingerprint density at radius 1 is 1.00 bits per heavy atom. The van der Waals surface area contributed by atoms with Gasteiger partial charge in [0, 0.05) is 23.7 Å². The van der Waals surface area contributed by atoms with Crippen LogP contribution in [0.3, 0.4) is 0 Å². The van der Waals surface area contributed by atoms with E-state index in [4.69, 9.17) is 11.6 Å². The maximum Gasteiger partial charge on any atom is 0.417 e. The minimum atomic E-state index is -4.73. The monoisotopic (exact) mass is 544 g/mol. The average Bonchev–Trinajstić information content (AvgIpc) is 3.29. The molecule has 0 spiro atoms. The number of carbonyl (C=O) groups excluding carboxylic acids is 2. The largest absolute Gasteiger partial charge is 0.417 e. The Morgan fingerprint density at radius 2 is 1.74 bits per heavy atom. The minimum Gasteiger partial charge on any atom is -0.353 e. The molecule has 196 valence electrons. The van der Waals surface area contributed by atoms with Gasteiger partial charge in [-0.15, -0.1) is 0 Å². The number of urea groups is 1. The third kappa shape index (κ3) is 4.96. The van der Waals surface area contributed by atoms with E-state index in [-0.39, 0.29) is 31.0 Å². The zero-order valence-electron chi connectivity index (χ0n) is 19.8. The molecule has 0 saturated carbocycles. The molecular formula is C27H21ClF4N4O2. The van der Waals surface area contributed by atoms with Gasteiger partial charge in [-0.1, -0.05) is 54.1 Å². The number of amidine groups is 1. The number of benzene rings is 3. The van der Waals surface area contributed by atoms with Gasteiger partial charge in [-0.25, -0.2) is 9.18 Å². The summed E-state index contributed by atoms with van der Waals surface area (Å²) in [6.45, 7) is 0.0665. The summed E-state index contributed by atoms with van der Waals surface area (Å²) in [6.07, 6.45) is -4.73. The summed E-state index contributed by atoms with van der Waals surface area (Å²) in [4.78, 5) is 33.1. The summed E-state index contributed by atoms with van der Waals surface area (Å²) in [5.74, 6) is -1.19. The average molecular weight is 545 g/mol. The Labute approximate surface area is 220 Å². The van der Waals surface area contributed by atoms with Gasteiger partial charge in [0.15, 0.2) is 0 Å². The standard InChI is InChI=1S/C27H21ClF4N4O2/c28-18-10-8-16(9-11-18)23-24(17-4-3-5-19(29)14-17)36(26(38)35-13-12-33-22(37)15-35)25(34-23)20-6-1-2-7-21(20)27(30,31)32/h1-11,14,23-24H,12-13,15H2,(H,33,37). The van der Waals surface area contributed by atoms with E-state index in [1.54, 1.807) is 30.3 Å². The number of carbonyl (C=O) groups is 2. The first kappa shape index (κ1) is 25.7. The van der Waals surface area contributed by atoms with Gasteiger partial charge in [0.05, 0.1) is 11.6 Å². The van der Waals surface area contributed by atoms with Crippen LogP contribution in [-0.2, 0) is 11.0 Å². The molecule has 6 nitrogen and oxygen atoms in total. The van der Waals surface area contributed by atoms with Crippen molar-refractivity contribution in [3.63, 3.8) is 0 Å². The van der Waals surface area contributed by atoms with E-state index in [2.05, 4.69) is 10.3 Å². The lowest BCUT2D eigenvalue weighted by Crippen LogP contribution is -2.55. The van der Waals surface area contributed by atoms with Crippen LogP contribution in [0.5, 0.6) is 0 Å². The van der Waals surface area contributed by atoms with E-state index in [0.29, 0.717) is 16.1 Å². The van der Waals surface area contributed by atoms with Crippen LogP contribution in [0.25, 0.3) is 0 Å². The van der Waals surface area contributed by atoms with Crippen LogP contribution in [0.1, 0.15) is 34.3 Å². The van der Waals surface area contributed by atoms with Gasteiger partial charge in [0.25, 0.3) is 0 Å². The van der Waals surface area contributed by atoms with Gasteiger partial charge in [0.1, 0.15) is 24.2 Å². The van der Waals surface area contributed by atoms with Crippen LogP contribution in [-0.4, -0.2) is 47.2 Å². The highest BCUT2D eigenvalue weighted by Gasteiger charge is 2.46. The molecule has 5 rings (SSSR count). The normalized spacial score (nSPS) is 19.8. The number of hydrogen-bond acceptors (Lipinski definition) is 3. The summed E-state index contributed by atoms with van der Waals surface area (Å²) in [7, 11) is 0. The first-order valence-corrected chi connectivity index (χ1v) is 12.1. The maximum absolute atomic E-state index is 14.4. The maximum atomic E-state index is 14.4. The van der Waals surface area contributed by atoms with Gasteiger partial charge in [-0.05, 0) is 41.5 Å². The Hall–Kier alpha value is -3.92. The van der Waals surface area contributed by atoms with Gasteiger partial charge >= 0.3 is 12.2 Å². The summed E-state index contributed by atoms with van der Waals surface area (Å²) in [6, 6.07) is 14.3. The number of amides is 3. The molecule has 2 heterocycles. The van der Waals surface area contributed by atoms with Crippen LogP contribution in [0.4, 0.5) is 22.4 Å². The lowest BCUT2D eigenvalue weighted by Gasteiger charge is -2.36. The fraction of sp³-hybridized carbons (Fsp3) is 0.222.